The largest absolute Gasteiger partial charge is 0.351 e. The Kier molecular flexibility index (Phi) is 6.94. The highest BCUT2D eigenvalue weighted by molar-refractivity contribution is 7.92. The van der Waals surface area contributed by atoms with E-state index in [0.29, 0.717) is 6.42 Å². The topological polar surface area (TPSA) is 75.3 Å². The SMILES string of the molecule is CCCS(=O)(=O)CC(=O)NC1CCNC1.Cl. The molecule has 2 N–H and O–H groups in total. The Hall–Kier alpha value is -0.330. The molecule has 1 fully saturated rings. The van der Waals surface area contributed by atoms with E-state index in [4.69, 9.17) is 0 Å². The molecule has 7 heteroatoms. The predicted molar refractivity (Wildman–Crippen MR) is 65.6 cm³/mol. The molecular weight excluding hydrogens is 252 g/mol. The van der Waals surface area contributed by atoms with Gasteiger partial charge in [-0.1, -0.05) is 6.92 Å². The van der Waals surface area contributed by atoms with E-state index in [-0.39, 0.29) is 35.9 Å². The van der Waals surface area contributed by atoms with Gasteiger partial charge in [0.15, 0.2) is 9.84 Å². The van der Waals surface area contributed by atoms with E-state index in [1.807, 2.05) is 0 Å². The number of hydrogen-bond acceptors (Lipinski definition) is 4. The van der Waals surface area contributed by atoms with Gasteiger partial charge >= 0.3 is 0 Å². The van der Waals surface area contributed by atoms with Crippen LogP contribution in [-0.4, -0.2) is 45.0 Å². The Balaban J connectivity index is 0.00000225. The van der Waals surface area contributed by atoms with Gasteiger partial charge in [0.2, 0.25) is 5.91 Å². The zero-order valence-corrected chi connectivity index (χ0v) is 11.0. The average Bonchev–Trinajstić information content (AvgIpc) is 2.54. The van der Waals surface area contributed by atoms with E-state index < -0.39 is 9.84 Å². The molecule has 1 aliphatic heterocycles. The lowest BCUT2D eigenvalue weighted by Gasteiger charge is -2.10. The van der Waals surface area contributed by atoms with E-state index in [2.05, 4.69) is 10.6 Å². The monoisotopic (exact) mass is 270 g/mol. The molecule has 1 aliphatic rings. The third-order valence-corrected chi connectivity index (χ3v) is 4.02. The van der Waals surface area contributed by atoms with Crippen LogP contribution >= 0.6 is 12.4 Å². The molecule has 1 unspecified atom stereocenters. The molecule has 0 aliphatic carbocycles. The summed E-state index contributed by atoms with van der Waals surface area (Å²) in [5, 5.41) is 5.81. The average molecular weight is 271 g/mol. The molecule has 1 saturated heterocycles. The highest BCUT2D eigenvalue weighted by atomic mass is 35.5. The number of nitrogens with one attached hydrogen (secondary N) is 2. The quantitative estimate of drug-likeness (QED) is 0.720. The Morgan fingerprint density at radius 3 is 2.69 bits per heavy atom. The molecule has 0 aromatic heterocycles. The number of halogens is 1. The highest BCUT2D eigenvalue weighted by Gasteiger charge is 2.20. The fraction of sp³-hybridized carbons (Fsp3) is 0.889. The lowest BCUT2D eigenvalue weighted by atomic mass is 10.3. The number of sulfone groups is 1. The Labute approximate surface area is 103 Å². The summed E-state index contributed by atoms with van der Waals surface area (Å²) in [5.74, 6) is -0.669. The minimum absolute atomic E-state index is 0. The van der Waals surface area contributed by atoms with Crippen LogP contribution < -0.4 is 10.6 Å². The zero-order valence-electron chi connectivity index (χ0n) is 9.36. The second-order valence-corrected chi connectivity index (χ2v) is 6.03. The molecule has 1 amide bonds. The van der Waals surface area contributed by atoms with Crippen molar-refractivity contribution in [3.8, 4) is 0 Å². The summed E-state index contributed by atoms with van der Waals surface area (Å²) in [5.41, 5.74) is 0. The molecule has 1 atom stereocenters. The van der Waals surface area contributed by atoms with Gasteiger partial charge in [0.1, 0.15) is 5.75 Å². The van der Waals surface area contributed by atoms with Gasteiger partial charge in [-0.3, -0.25) is 4.79 Å². The van der Waals surface area contributed by atoms with Crippen molar-refractivity contribution in [2.75, 3.05) is 24.6 Å². The molecule has 0 aromatic carbocycles. The van der Waals surface area contributed by atoms with Crippen LogP contribution in [-0.2, 0) is 14.6 Å². The van der Waals surface area contributed by atoms with E-state index in [0.717, 1.165) is 19.5 Å². The molecule has 1 heterocycles. The highest BCUT2D eigenvalue weighted by Crippen LogP contribution is 1.98. The first-order valence-electron chi connectivity index (χ1n) is 5.24. The third-order valence-electron chi connectivity index (χ3n) is 2.29. The van der Waals surface area contributed by atoms with Crippen LogP contribution in [0.15, 0.2) is 0 Å². The number of carbonyl (C=O) groups is 1. The summed E-state index contributed by atoms with van der Waals surface area (Å²) in [6, 6.07) is 0.0920. The van der Waals surface area contributed by atoms with Crippen molar-refractivity contribution in [1.29, 1.82) is 0 Å². The van der Waals surface area contributed by atoms with Crippen molar-refractivity contribution >= 4 is 28.2 Å². The summed E-state index contributed by atoms with van der Waals surface area (Å²) in [4.78, 5) is 11.4. The van der Waals surface area contributed by atoms with Crippen LogP contribution in [0.1, 0.15) is 19.8 Å². The van der Waals surface area contributed by atoms with Crippen LogP contribution in [0.2, 0.25) is 0 Å². The van der Waals surface area contributed by atoms with Gasteiger partial charge in [-0.25, -0.2) is 8.42 Å². The normalized spacial score (nSPS) is 20.2. The van der Waals surface area contributed by atoms with Gasteiger partial charge in [0.25, 0.3) is 0 Å². The maximum Gasteiger partial charge on any atom is 0.235 e. The smallest absolute Gasteiger partial charge is 0.235 e. The Morgan fingerprint density at radius 2 is 2.19 bits per heavy atom. The first-order chi connectivity index (χ1) is 7.03. The molecule has 0 aromatic rings. The molecule has 0 radical (unpaired) electrons. The molecule has 0 spiro atoms. The molecule has 1 rings (SSSR count). The fourth-order valence-electron chi connectivity index (χ4n) is 1.63. The number of carbonyl (C=O) groups excluding carboxylic acids is 1. The fourth-order valence-corrected chi connectivity index (χ4v) is 2.88. The van der Waals surface area contributed by atoms with E-state index >= 15 is 0 Å². The van der Waals surface area contributed by atoms with Crippen molar-refractivity contribution in [3.63, 3.8) is 0 Å². The maximum absolute atomic E-state index is 11.4. The van der Waals surface area contributed by atoms with E-state index in [9.17, 15) is 13.2 Å². The van der Waals surface area contributed by atoms with Crippen molar-refractivity contribution < 1.29 is 13.2 Å². The van der Waals surface area contributed by atoms with E-state index in [1.54, 1.807) is 6.92 Å². The Morgan fingerprint density at radius 1 is 1.50 bits per heavy atom. The third kappa shape index (κ3) is 5.67. The molecule has 0 bridgehead atoms. The van der Waals surface area contributed by atoms with Gasteiger partial charge in [0, 0.05) is 12.6 Å². The van der Waals surface area contributed by atoms with Crippen LogP contribution in [0.25, 0.3) is 0 Å². The number of amides is 1. The second-order valence-electron chi connectivity index (χ2n) is 3.85. The number of rotatable bonds is 5. The Bertz CT molecular complexity index is 313. The van der Waals surface area contributed by atoms with Gasteiger partial charge in [-0.05, 0) is 19.4 Å². The van der Waals surface area contributed by atoms with Gasteiger partial charge in [-0.15, -0.1) is 12.4 Å². The molecule has 16 heavy (non-hydrogen) atoms. The van der Waals surface area contributed by atoms with Crippen LogP contribution in [0, 0.1) is 0 Å². The van der Waals surface area contributed by atoms with Crippen molar-refractivity contribution in [2.24, 2.45) is 0 Å². The summed E-state index contributed by atoms with van der Waals surface area (Å²) < 4.78 is 22.7. The van der Waals surface area contributed by atoms with Crippen LogP contribution in [0.4, 0.5) is 0 Å². The molecule has 5 nitrogen and oxygen atoms in total. The van der Waals surface area contributed by atoms with Gasteiger partial charge in [0.05, 0.1) is 5.75 Å². The summed E-state index contributed by atoms with van der Waals surface area (Å²) >= 11 is 0. The maximum atomic E-state index is 11.4. The molecule has 96 valence electrons. The lowest BCUT2D eigenvalue weighted by Crippen LogP contribution is -2.39. The summed E-state index contributed by atoms with van der Waals surface area (Å²) in [7, 11) is -3.20. The summed E-state index contributed by atoms with van der Waals surface area (Å²) in [6.07, 6.45) is 1.43. The number of hydrogen-bond donors (Lipinski definition) is 2. The van der Waals surface area contributed by atoms with E-state index in [1.165, 1.54) is 0 Å². The van der Waals surface area contributed by atoms with Gasteiger partial charge < -0.3 is 10.6 Å². The second kappa shape index (κ2) is 7.09. The standard InChI is InChI=1S/C9H18N2O3S.ClH/c1-2-5-15(13,14)7-9(12)11-8-3-4-10-6-8;/h8,10H,2-7H2,1H3,(H,11,12);1H. The molecule has 0 saturated carbocycles. The summed E-state index contributed by atoms with van der Waals surface area (Å²) in [6.45, 7) is 3.41. The minimum atomic E-state index is -3.20. The first kappa shape index (κ1) is 15.7. The first-order valence-corrected chi connectivity index (χ1v) is 7.06. The van der Waals surface area contributed by atoms with Crippen LogP contribution in [0.5, 0.6) is 0 Å². The molecular formula is C9H19ClN2O3S. The van der Waals surface area contributed by atoms with Gasteiger partial charge in [-0.2, -0.15) is 0 Å². The zero-order chi connectivity index (χ0) is 11.3. The van der Waals surface area contributed by atoms with Crippen LogP contribution in [0.3, 0.4) is 0 Å². The van der Waals surface area contributed by atoms with Crippen molar-refractivity contribution in [1.82, 2.24) is 10.6 Å². The lowest BCUT2D eigenvalue weighted by molar-refractivity contribution is -0.119. The predicted octanol–water partition coefficient (Wildman–Crippen LogP) is -0.289. The minimum Gasteiger partial charge on any atom is -0.351 e. The van der Waals surface area contributed by atoms with Crippen molar-refractivity contribution in [3.05, 3.63) is 0 Å². The van der Waals surface area contributed by atoms with Crippen molar-refractivity contribution in [2.45, 2.75) is 25.8 Å².